The van der Waals surface area contributed by atoms with E-state index in [4.69, 9.17) is 23.7 Å². The second-order valence-corrected chi connectivity index (χ2v) is 8.24. The third-order valence-electron chi connectivity index (χ3n) is 6.11. The topological polar surface area (TPSA) is 106 Å². The third kappa shape index (κ3) is 4.94. The predicted octanol–water partition coefficient (Wildman–Crippen LogP) is 3.07. The summed E-state index contributed by atoms with van der Waals surface area (Å²) in [5.41, 5.74) is 2.00. The number of carbonyl (C=O) groups is 3. The summed E-state index contributed by atoms with van der Waals surface area (Å²) in [6.07, 6.45) is 1.37. The first-order chi connectivity index (χ1) is 17.0. The fourth-order valence-electron chi connectivity index (χ4n) is 4.57. The highest BCUT2D eigenvalue weighted by Gasteiger charge is 2.45. The van der Waals surface area contributed by atoms with Crippen molar-refractivity contribution in [2.24, 2.45) is 0 Å². The summed E-state index contributed by atoms with van der Waals surface area (Å²) in [5.74, 6) is -0.696. The van der Waals surface area contributed by atoms with E-state index in [1.54, 1.807) is 6.07 Å². The Balaban J connectivity index is 1.70. The van der Waals surface area contributed by atoms with Crippen LogP contribution in [0.3, 0.4) is 0 Å². The zero-order chi connectivity index (χ0) is 24.9. The fraction of sp³-hybridized carbons (Fsp3) is 0.400. The van der Waals surface area contributed by atoms with Gasteiger partial charge in [-0.15, -0.1) is 0 Å². The number of ketones is 1. The molecule has 2 aliphatic rings. The van der Waals surface area contributed by atoms with Crippen LogP contribution >= 0.6 is 0 Å². The maximum absolute atomic E-state index is 13.3. The van der Waals surface area contributed by atoms with E-state index in [1.807, 2.05) is 36.4 Å². The van der Waals surface area contributed by atoms with Crippen molar-refractivity contribution in [3.63, 3.8) is 0 Å². The SMILES string of the molecule is COCOC1=C[C@@H]2c3cc(C(=O)OC)n(COC)c3C(=O)C[C@@H]2N(C(=O)OCc2ccccc2)C1. The van der Waals surface area contributed by atoms with Gasteiger partial charge in [0.1, 0.15) is 24.8 Å². The molecule has 10 nitrogen and oxygen atoms in total. The van der Waals surface area contributed by atoms with Crippen LogP contribution in [0.2, 0.25) is 0 Å². The van der Waals surface area contributed by atoms with Gasteiger partial charge < -0.3 is 28.3 Å². The molecule has 0 unspecified atom stereocenters. The monoisotopic (exact) mass is 484 g/mol. The molecule has 1 amide bonds. The molecule has 0 saturated heterocycles. The Morgan fingerprint density at radius 2 is 1.86 bits per heavy atom. The van der Waals surface area contributed by atoms with Crippen LogP contribution in [0.25, 0.3) is 0 Å². The summed E-state index contributed by atoms with van der Waals surface area (Å²) in [5, 5.41) is 0. The second kappa shape index (κ2) is 10.7. The van der Waals surface area contributed by atoms with Gasteiger partial charge in [0.15, 0.2) is 12.6 Å². The fourth-order valence-corrected chi connectivity index (χ4v) is 4.57. The number of rotatable bonds is 8. The molecule has 0 fully saturated rings. The number of amides is 1. The highest BCUT2D eigenvalue weighted by atomic mass is 16.7. The lowest BCUT2D eigenvalue weighted by molar-refractivity contribution is -0.0104. The molecule has 2 heterocycles. The van der Waals surface area contributed by atoms with E-state index in [0.29, 0.717) is 17.0 Å². The minimum Gasteiger partial charge on any atom is -0.470 e. The molecule has 0 saturated carbocycles. The smallest absolute Gasteiger partial charge is 0.410 e. The van der Waals surface area contributed by atoms with Crippen molar-refractivity contribution in [2.75, 3.05) is 34.7 Å². The molecule has 1 aliphatic carbocycles. The molecule has 0 spiro atoms. The molecule has 4 rings (SSSR count). The zero-order valence-corrected chi connectivity index (χ0v) is 19.9. The molecule has 186 valence electrons. The number of esters is 1. The molecule has 0 N–H and O–H groups in total. The van der Waals surface area contributed by atoms with Crippen molar-refractivity contribution in [3.05, 3.63) is 70.7 Å². The molecule has 2 aromatic rings. The number of aromatic nitrogens is 1. The number of ether oxygens (including phenoxy) is 5. The quantitative estimate of drug-likeness (QED) is 0.416. The van der Waals surface area contributed by atoms with E-state index >= 15 is 0 Å². The van der Waals surface area contributed by atoms with Crippen LogP contribution in [0.15, 0.2) is 48.2 Å². The normalized spacial score (nSPS) is 18.9. The Hall–Kier alpha value is -3.63. The van der Waals surface area contributed by atoms with E-state index in [1.165, 1.54) is 30.8 Å². The number of fused-ring (bicyclic) bond motifs is 3. The maximum atomic E-state index is 13.3. The number of benzene rings is 1. The summed E-state index contributed by atoms with van der Waals surface area (Å²) in [6, 6.07) is 10.5. The lowest BCUT2D eigenvalue weighted by atomic mass is 9.79. The van der Waals surface area contributed by atoms with Gasteiger partial charge in [0.2, 0.25) is 0 Å². The Bertz CT molecular complexity index is 1120. The van der Waals surface area contributed by atoms with Crippen LogP contribution in [-0.4, -0.2) is 68.0 Å². The van der Waals surface area contributed by atoms with Crippen LogP contribution in [0.5, 0.6) is 0 Å². The molecular weight excluding hydrogens is 456 g/mol. The molecule has 2 atom stereocenters. The van der Waals surface area contributed by atoms with Crippen LogP contribution in [-0.2, 0) is 37.0 Å². The van der Waals surface area contributed by atoms with Crippen molar-refractivity contribution in [1.82, 2.24) is 9.47 Å². The second-order valence-electron chi connectivity index (χ2n) is 8.24. The van der Waals surface area contributed by atoms with Gasteiger partial charge in [-0.2, -0.15) is 0 Å². The molecule has 0 bridgehead atoms. The molecule has 35 heavy (non-hydrogen) atoms. The first kappa shape index (κ1) is 24.5. The molecule has 1 aliphatic heterocycles. The summed E-state index contributed by atoms with van der Waals surface area (Å²) in [7, 11) is 4.26. The minimum atomic E-state index is -0.587. The largest absolute Gasteiger partial charge is 0.470 e. The van der Waals surface area contributed by atoms with Crippen molar-refractivity contribution in [2.45, 2.75) is 31.7 Å². The van der Waals surface area contributed by atoms with E-state index in [2.05, 4.69) is 0 Å². The Morgan fingerprint density at radius 3 is 2.54 bits per heavy atom. The van der Waals surface area contributed by atoms with Gasteiger partial charge >= 0.3 is 12.1 Å². The third-order valence-corrected chi connectivity index (χ3v) is 6.11. The Morgan fingerprint density at radius 1 is 1.09 bits per heavy atom. The van der Waals surface area contributed by atoms with Gasteiger partial charge in [-0.1, -0.05) is 30.3 Å². The summed E-state index contributed by atoms with van der Waals surface area (Å²) < 4.78 is 28.0. The standard InChI is InChI=1S/C25H28N2O8/c1-31-14-27-21(24(29)33-3)10-19-18-9-17(35-15-32-2)12-26(20(18)11-22(28)23(19)27)25(30)34-13-16-7-5-4-6-8-16/h4-10,18,20H,11-15H2,1-3H3/t18-,20+/m1/s1. The average molecular weight is 485 g/mol. The van der Waals surface area contributed by atoms with E-state index in [0.717, 1.165) is 5.56 Å². The minimum absolute atomic E-state index is 0.00000785. The van der Waals surface area contributed by atoms with Gasteiger partial charge in [0.25, 0.3) is 0 Å². The highest BCUT2D eigenvalue weighted by molar-refractivity contribution is 6.01. The van der Waals surface area contributed by atoms with Crippen molar-refractivity contribution in [1.29, 1.82) is 0 Å². The van der Waals surface area contributed by atoms with Crippen LogP contribution < -0.4 is 0 Å². The number of Topliss-reactive ketones (excluding diaryl/α,β-unsaturated/α-hetero) is 1. The van der Waals surface area contributed by atoms with Gasteiger partial charge in [-0.05, 0) is 23.3 Å². The van der Waals surface area contributed by atoms with Crippen molar-refractivity contribution >= 4 is 17.8 Å². The summed E-state index contributed by atoms with van der Waals surface area (Å²) >= 11 is 0. The van der Waals surface area contributed by atoms with E-state index in [-0.39, 0.29) is 44.6 Å². The van der Waals surface area contributed by atoms with Crippen LogP contribution in [0.1, 0.15) is 44.4 Å². The van der Waals surface area contributed by atoms with Gasteiger partial charge in [-0.3, -0.25) is 9.69 Å². The van der Waals surface area contributed by atoms with Crippen LogP contribution in [0.4, 0.5) is 4.79 Å². The molecule has 0 radical (unpaired) electrons. The summed E-state index contributed by atoms with van der Waals surface area (Å²) in [6.45, 7) is 0.229. The molecule has 10 heteroatoms. The molecule has 1 aromatic heterocycles. The molecular formula is C25H28N2O8. The number of hydrogen-bond acceptors (Lipinski definition) is 8. The number of hydrogen-bond donors (Lipinski definition) is 0. The lowest BCUT2D eigenvalue weighted by Gasteiger charge is -2.41. The lowest BCUT2D eigenvalue weighted by Crippen LogP contribution is -2.50. The first-order valence-corrected chi connectivity index (χ1v) is 11.1. The Labute approximate surface area is 202 Å². The Kier molecular flexibility index (Phi) is 7.52. The number of methoxy groups -OCH3 is 3. The number of carbonyl (C=O) groups excluding carboxylic acids is 3. The van der Waals surface area contributed by atoms with Crippen LogP contribution in [0, 0.1) is 0 Å². The van der Waals surface area contributed by atoms with Gasteiger partial charge in [-0.25, -0.2) is 9.59 Å². The van der Waals surface area contributed by atoms with Crippen molar-refractivity contribution in [3.8, 4) is 0 Å². The maximum Gasteiger partial charge on any atom is 0.410 e. The van der Waals surface area contributed by atoms with E-state index in [9.17, 15) is 14.4 Å². The highest BCUT2D eigenvalue weighted by Crippen LogP contribution is 2.41. The predicted molar refractivity (Wildman–Crippen MR) is 123 cm³/mol. The van der Waals surface area contributed by atoms with Gasteiger partial charge in [0.05, 0.1) is 25.4 Å². The van der Waals surface area contributed by atoms with E-state index < -0.39 is 24.0 Å². The zero-order valence-electron chi connectivity index (χ0n) is 19.9. The summed E-state index contributed by atoms with van der Waals surface area (Å²) in [4.78, 5) is 40.4. The average Bonchev–Trinajstić information content (AvgIpc) is 3.26. The number of nitrogens with zero attached hydrogens (tertiary/aromatic N) is 2. The molecule has 1 aromatic carbocycles. The first-order valence-electron chi connectivity index (χ1n) is 11.1. The van der Waals surface area contributed by atoms with Crippen molar-refractivity contribution < 1.29 is 38.1 Å². The van der Waals surface area contributed by atoms with Gasteiger partial charge in [0, 0.05) is 26.6 Å².